The van der Waals surface area contributed by atoms with Gasteiger partial charge < -0.3 is 0 Å². The lowest BCUT2D eigenvalue weighted by Gasteiger charge is -2.03. The second kappa shape index (κ2) is 5.88. The van der Waals surface area contributed by atoms with Gasteiger partial charge in [0.05, 0.1) is 11.3 Å². The van der Waals surface area contributed by atoms with Crippen molar-refractivity contribution >= 4 is 32.9 Å². The molecule has 114 valence electrons. The number of fused-ring (bicyclic) bond motifs is 1. The molecule has 1 heterocycles. The summed E-state index contributed by atoms with van der Waals surface area (Å²) >= 11 is 0. The van der Waals surface area contributed by atoms with Gasteiger partial charge in [0, 0.05) is 17.7 Å². The van der Waals surface area contributed by atoms with Crippen molar-refractivity contribution in [2.75, 3.05) is 5.75 Å². The van der Waals surface area contributed by atoms with E-state index < -0.39 is 15.9 Å². The number of rotatable bonds is 5. The van der Waals surface area contributed by atoms with Gasteiger partial charge in [-0.2, -0.15) is 0 Å². The molecule has 3 rings (SSSR count). The molecule has 0 unspecified atom stereocenters. The molecule has 5 nitrogen and oxygen atoms in total. The van der Waals surface area contributed by atoms with E-state index >= 15 is 0 Å². The third-order valence-corrected chi connectivity index (χ3v) is 4.93. The first-order valence-electron chi connectivity index (χ1n) is 7.10. The van der Waals surface area contributed by atoms with E-state index in [-0.39, 0.29) is 11.7 Å². The van der Waals surface area contributed by atoms with E-state index in [0.29, 0.717) is 0 Å². The van der Waals surface area contributed by atoms with Crippen LogP contribution >= 0.6 is 0 Å². The maximum absolute atomic E-state index is 11.8. The van der Waals surface area contributed by atoms with Crippen molar-refractivity contribution in [1.82, 2.24) is 9.71 Å². The summed E-state index contributed by atoms with van der Waals surface area (Å²) in [6.07, 6.45) is 6.35. The van der Waals surface area contributed by atoms with E-state index in [1.807, 2.05) is 24.3 Å². The highest BCUT2D eigenvalue weighted by Crippen LogP contribution is 2.29. The molecule has 0 radical (unpaired) electrons. The highest BCUT2D eigenvalue weighted by atomic mass is 32.2. The second-order valence-corrected chi connectivity index (χ2v) is 7.21. The Morgan fingerprint density at radius 1 is 1.27 bits per heavy atom. The minimum atomic E-state index is -3.53. The lowest BCUT2D eigenvalue weighted by atomic mass is 10.1. The summed E-state index contributed by atoms with van der Waals surface area (Å²) in [6.45, 7) is 0. The largest absolute Gasteiger partial charge is 0.269 e. The minimum absolute atomic E-state index is 0.0325. The van der Waals surface area contributed by atoms with Crippen LogP contribution in [0.1, 0.15) is 18.4 Å². The summed E-state index contributed by atoms with van der Waals surface area (Å²) in [5, 5.41) is 0.912. The van der Waals surface area contributed by atoms with Crippen molar-refractivity contribution in [2.45, 2.75) is 12.8 Å². The van der Waals surface area contributed by atoms with E-state index in [0.717, 1.165) is 29.3 Å². The van der Waals surface area contributed by atoms with Crippen LogP contribution in [0.25, 0.3) is 17.0 Å². The number of hydrogen-bond donors (Lipinski definition) is 1. The van der Waals surface area contributed by atoms with Crippen molar-refractivity contribution in [3.8, 4) is 0 Å². The highest BCUT2D eigenvalue weighted by Gasteiger charge is 2.28. The van der Waals surface area contributed by atoms with Gasteiger partial charge in [0.2, 0.25) is 10.0 Å². The Morgan fingerprint density at radius 3 is 2.82 bits per heavy atom. The number of carbonyl (C=O) groups is 1. The standard InChI is InChI=1S/C16H16N2O3S/c19-16(18-22(20,21)11-12-5-6-12)8-7-13-9-10-17-15-4-2-1-3-14(13)15/h1-4,7-10,12H,5-6,11H2,(H,18,19)/b8-7+. The van der Waals surface area contributed by atoms with Crippen LogP contribution in [0.3, 0.4) is 0 Å². The molecule has 1 aromatic heterocycles. The van der Waals surface area contributed by atoms with E-state index in [1.165, 1.54) is 6.08 Å². The number of carbonyl (C=O) groups excluding carboxylic acids is 1. The molecule has 1 aromatic carbocycles. The highest BCUT2D eigenvalue weighted by molar-refractivity contribution is 7.90. The van der Waals surface area contributed by atoms with Gasteiger partial charge in [-0.05, 0) is 42.5 Å². The fourth-order valence-corrected chi connectivity index (χ4v) is 3.66. The summed E-state index contributed by atoms with van der Waals surface area (Å²) in [6, 6.07) is 9.35. The van der Waals surface area contributed by atoms with Crippen LogP contribution in [0.5, 0.6) is 0 Å². The molecule has 1 aliphatic rings. The van der Waals surface area contributed by atoms with Crippen molar-refractivity contribution < 1.29 is 13.2 Å². The molecule has 1 amide bonds. The molecule has 1 fully saturated rings. The van der Waals surface area contributed by atoms with E-state index in [2.05, 4.69) is 9.71 Å². The summed E-state index contributed by atoms with van der Waals surface area (Å²) in [5.74, 6) is -0.384. The molecule has 0 atom stereocenters. The lowest BCUT2D eigenvalue weighted by Crippen LogP contribution is -2.31. The first kappa shape index (κ1) is 14.7. The summed E-state index contributed by atoms with van der Waals surface area (Å²) in [5.41, 5.74) is 1.65. The summed E-state index contributed by atoms with van der Waals surface area (Å²) in [7, 11) is -3.53. The number of nitrogens with zero attached hydrogens (tertiary/aromatic N) is 1. The Hall–Kier alpha value is -2.21. The third kappa shape index (κ3) is 3.71. The SMILES string of the molecule is O=C(/C=C/c1ccnc2ccccc12)NS(=O)(=O)CC1CC1. The number of aromatic nitrogens is 1. The van der Waals surface area contributed by atoms with E-state index in [4.69, 9.17) is 0 Å². The van der Waals surface area contributed by atoms with Gasteiger partial charge in [-0.3, -0.25) is 9.78 Å². The number of pyridine rings is 1. The molecule has 1 N–H and O–H groups in total. The molecule has 6 heteroatoms. The average Bonchev–Trinajstić information content (AvgIpc) is 3.27. The maximum atomic E-state index is 11.8. The number of para-hydroxylation sites is 1. The molecule has 0 aliphatic heterocycles. The zero-order chi connectivity index (χ0) is 15.6. The fourth-order valence-electron chi connectivity index (χ4n) is 2.25. The monoisotopic (exact) mass is 316 g/mol. The molecule has 22 heavy (non-hydrogen) atoms. The Morgan fingerprint density at radius 2 is 2.05 bits per heavy atom. The van der Waals surface area contributed by atoms with Crippen LogP contribution in [0.4, 0.5) is 0 Å². The van der Waals surface area contributed by atoms with Crippen LogP contribution in [-0.4, -0.2) is 25.1 Å². The van der Waals surface area contributed by atoms with Gasteiger partial charge in [-0.1, -0.05) is 18.2 Å². The fraction of sp³-hybridized carbons (Fsp3) is 0.250. The molecule has 1 saturated carbocycles. The predicted octanol–water partition coefficient (Wildman–Crippen LogP) is 2.10. The predicted molar refractivity (Wildman–Crippen MR) is 85.4 cm³/mol. The maximum Gasteiger partial charge on any atom is 0.257 e. The second-order valence-electron chi connectivity index (χ2n) is 5.44. The van der Waals surface area contributed by atoms with Gasteiger partial charge in [0.1, 0.15) is 0 Å². The lowest BCUT2D eigenvalue weighted by molar-refractivity contribution is -0.114. The van der Waals surface area contributed by atoms with Crippen LogP contribution in [0.15, 0.2) is 42.6 Å². The number of benzene rings is 1. The van der Waals surface area contributed by atoms with Crippen molar-refractivity contribution in [2.24, 2.45) is 5.92 Å². The molecule has 0 spiro atoms. The van der Waals surface area contributed by atoms with Crippen LogP contribution in [0.2, 0.25) is 0 Å². The normalized spacial score (nSPS) is 15.3. The van der Waals surface area contributed by atoms with Crippen LogP contribution in [0, 0.1) is 5.92 Å². The van der Waals surface area contributed by atoms with Gasteiger partial charge in [-0.15, -0.1) is 0 Å². The first-order chi connectivity index (χ1) is 10.5. The van der Waals surface area contributed by atoms with Gasteiger partial charge in [-0.25, -0.2) is 13.1 Å². The molecular formula is C16H16N2O3S. The van der Waals surface area contributed by atoms with Crippen LogP contribution < -0.4 is 4.72 Å². The molecule has 0 saturated heterocycles. The molecule has 2 aromatic rings. The molecule has 1 aliphatic carbocycles. The number of nitrogens with one attached hydrogen (secondary N) is 1. The molecular weight excluding hydrogens is 300 g/mol. The average molecular weight is 316 g/mol. The van der Waals surface area contributed by atoms with Gasteiger partial charge >= 0.3 is 0 Å². The first-order valence-corrected chi connectivity index (χ1v) is 8.75. The van der Waals surface area contributed by atoms with Gasteiger partial charge in [0.25, 0.3) is 5.91 Å². The Balaban J connectivity index is 1.73. The quantitative estimate of drug-likeness (QED) is 0.857. The minimum Gasteiger partial charge on any atom is -0.269 e. The topological polar surface area (TPSA) is 76.1 Å². The Bertz CT molecular complexity index is 834. The smallest absolute Gasteiger partial charge is 0.257 e. The third-order valence-electron chi connectivity index (χ3n) is 3.51. The molecule has 0 bridgehead atoms. The summed E-state index contributed by atoms with van der Waals surface area (Å²) in [4.78, 5) is 16.0. The van der Waals surface area contributed by atoms with Crippen LogP contribution in [-0.2, 0) is 14.8 Å². The van der Waals surface area contributed by atoms with Gasteiger partial charge in [0.15, 0.2) is 0 Å². The Labute approximate surface area is 129 Å². The number of sulfonamides is 1. The van der Waals surface area contributed by atoms with Crippen molar-refractivity contribution in [3.05, 3.63) is 48.2 Å². The Kier molecular flexibility index (Phi) is 3.94. The van der Waals surface area contributed by atoms with Crippen molar-refractivity contribution in [3.63, 3.8) is 0 Å². The van der Waals surface area contributed by atoms with E-state index in [1.54, 1.807) is 18.3 Å². The van der Waals surface area contributed by atoms with Crippen molar-refractivity contribution in [1.29, 1.82) is 0 Å². The number of hydrogen-bond acceptors (Lipinski definition) is 4. The number of amides is 1. The van der Waals surface area contributed by atoms with E-state index in [9.17, 15) is 13.2 Å². The summed E-state index contributed by atoms with van der Waals surface area (Å²) < 4.78 is 25.6. The zero-order valence-corrected chi connectivity index (χ0v) is 12.7. The zero-order valence-electron chi connectivity index (χ0n) is 11.9.